The number of amides is 2. The molecule has 1 aliphatic rings. The molecule has 2 amide bonds. The molecule has 0 heterocycles. The van der Waals surface area contributed by atoms with E-state index >= 15 is 0 Å². The number of nitrogens with one attached hydrogen (secondary N) is 2. The lowest BCUT2D eigenvalue weighted by Crippen LogP contribution is -2.52. The lowest BCUT2D eigenvalue weighted by Gasteiger charge is -2.23. The van der Waals surface area contributed by atoms with Crippen molar-refractivity contribution in [1.82, 2.24) is 10.6 Å². The Hall–Kier alpha value is -1.79. The molecule has 21 heavy (non-hydrogen) atoms. The summed E-state index contributed by atoms with van der Waals surface area (Å²) < 4.78 is 5.09. The highest BCUT2D eigenvalue weighted by molar-refractivity contribution is 5.89. The number of aliphatic carboxylic acids is 1. The van der Waals surface area contributed by atoms with Gasteiger partial charge in [0.1, 0.15) is 17.7 Å². The van der Waals surface area contributed by atoms with E-state index in [0.717, 1.165) is 12.8 Å². The zero-order chi connectivity index (χ0) is 16.2. The molecule has 2 atom stereocenters. The van der Waals surface area contributed by atoms with Gasteiger partial charge in [-0.15, -0.1) is 0 Å². The molecule has 0 radical (unpaired) electrons. The van der Waals surface area contributed by atoms with Crippen LogP contribution in [0.3, 0.4) is 0 Å². The van der Waals surface area contributed by atoms with Crippen LogP contribution in [0.4, 0.5) is 4.79 Å². The van der Waals surface area contributed by atoms with Gasteiger partial charge in [-0.1, -0.05) is 6.92 Å². The molecule has 7 heteroatoms. The van der Waals surface area contributed by atoms with Gasteiger partial charge < -0.3 is 20.5 Å². The van der Waals surface area contributed by atoms with Crippen LogP contribution in [-0.4, -0.2) is 40.8 Å². The van der Waals surface area contributed by atoms with Gasteiger partial charge >= 0.3 is 12.1 Å². The van der Waals surface area contributed by atoms with E-state index in [1.807, 2.05) is 0 Å². The summed E-state index contributed by atoms with van der Waals surface area (Å²) in [6, 6.07) is -1.69. The number of hydrogen-bond donors (Lipinski definition) is 3. The van der Waals surface area contributed by atoms with Crippen molar-refractivity contribution in [1.29, 1.82) is 0 Å². The Kier molecular flexibility index (Phi) is 5.57. The standard InChI is InChI=1S/C14H24N2O5/c1-5-9(15-13(20)21-14(2,3)4)11(17)16-10(12(18)19)8-6-7-8/h8-10H,5-7H2,1-4H3,(H,15,20)(H,16,17)(H,18,19). The summed E-state index contributed by atoms with van der Waals surface area (Å²) in [4.78, 5) is 34.9. The van der Waals surface area contributed by atoms with Crippen molar-refractivity contribution in [2.75, 3.05) is 0 Å². The molecule has 7 nitrogen and oxygen atoms in total. The average Bonchev–Trinajstić information content (AvgIpc) is 3.14. The van der Waals surface area contributed by atoms with Crippen LogP contribution in [0.5, 0.6) is 0 Å². The smallest absolute Gasteiger partial charge is 0.408 e. The van der Waals surface area contributed by atoms with E-state index < -0.39 is 35.7 Å². The summed E-state index contributed by atoms with van der Waals surface area (Å²) in [5.74, 6) is -1.55. The Morgan fingerprint density at radius 3 is 2.19 bits per heavy atom. The highest BCUT2D eigenvalue weighted by atomic mass is 16.6. The molecule has 2 unspecified atom stereocenters. The van der Waals surface area contributed by atoms with Crippen LogP contribution in [0.2, 0.25) is 0 Å². The largest absolute Gasteiger partial charge is 0.480 e. The summed E-state index contributed by atoms with van der Waals surface area (Å²) in [6.07, 6.45) is 1.26. The zero-order valence-electron chi connectivity index (χ0n) is 12.9. The third-order valence-electron chi connectivity index (χ3n) is 3.07. The van der Waals surface area contributed by atoms with Crippen molar-refractivity contribution in [3.05, 3.63) is 0 Å². The number of carbonyl (C=O) groups is 3. The van der Waals surface area contributed by atoms with Crippen molar-refractivity contribution in [2.24, 2.45) is 5.92 Å². The second-order valence-corrected chi connectivity index (χ2v) is 6.27. The molecular weight excluding hydrogens is 276 g/mol. The van der Waals surface area contributed by atoms with E-state index in [1.165, 1.54) is 0 Å². The fraction of sp³-hybridized carbons (Fsp3) is 0.786. The van der Waals surface area contributed by atoms with Crippen LogP contribution >= 0.6 is 0 Å². The maximum absolute atomic E-state index is 12.1. The minimum Gasteiger partial charge on any atom is -0.480 e. The van der Waals surface area contributed by atoms with E-state index in [1.54, 1.807) is 27.7 Å². The molecule has 1 aliphatic carbocycles. The number of alkyl carbamates (subject to hydrolysis) is 1. The van der Waals surface area contributed by atoms with Crippen LogP contribution in [0, 0.1) is 5.92 Å². The lowest BCUT2D eigenvalue weighted by atomic mass is 10.1. The van der Waals surface area contributed by atoms with Crippen molar-refractivity contribution < 1.29 is 24.2 Å². The highest BCUT2D eigenvalue weighted by Crippen LogP contribution is 2.32. The van der Waals surface area contributed by atoms with Crippen LogP contribution in [0.1, 0.15) is 47.0 Å². The fourth-order valence-electron chi connectivity index (χ4n) is 1.87. The molecule has 0 aromatic carbocycles. The first-order chi connectivity index (χ1) is 9.64. The average molecular weight is 300 g/mol. The van der Waals surface area contributed by atoms with E-state index in [-0.39, 0.29) is 5.92 Å². The van der Waals surface area contributed by atoms with Gasteiger partial charge in [-0.25, -0.2) is 9.59 Å². The first-order valence-electron chi connectivity index (χ1n) is 7.16. The highest BCUT2D eigenvalue weighted by Gasteiger charge is 2.38. The van der Waals surface area contributed by atoms with Gasteiger partial charge in [-0.05, 0) is 46.0 Å². The molecule has 0 aromatic rings. The van der Waals surface area contributed by atoms with Gasteiger partial charge in [-0.3, -0.25) is 4.79 Å². The molecule has 0 aliphatic heterocycles. The molecule has 1 saturated carbocycles. The predicted molar refractivity (Wildman–Crippen MR) is 75.7 cm³/mol. The number of hydrogen-bond acceptors (Lipinski definition) is 4. The Bertz CT molecular complexity index is 412. The van der Waals surface area contributed by atoms with Crippen LogP contribution in [0.25, 0.3) is 0 Å². The molecule has 0 spiro atoms. The molecule has 0 aromatic heterocycles. The third kappa shape index (κ3) is 6.01. The van der Waals surface area contributed by atoms with Crippen molar-refractivity contribution in [3.8, 4) is 0 Å². The van der Waals surface area contributed by atoms with Crippen molar-refractivity contribution >= 4 is 18.0 Å². The molecule has 120 valence electrons. The second kappa shape index (κ2) is 6.78. The predicted octanol–water partition coefficient (Wildman–Crippen LogP) is 1.27. The van der Waals surface area contributed by atoms with Crippen molar-refractivity contribution in [3.63, 3.8) is 0 Å². The summed E-state index contributed by atoms with van der Waals surface area (Å²) in [5, 5.41) is 14.0. The van der Waals surface area contributed by atoms with Crippen molar-refractivity contribution in [2.45, 2.75) is 64.6 Å². The van der Waals surface area contributed by atoms with Crippen LogP contribution in [-0.2, 0) is 14.3 Å². The first-order valence-corrected chi connectivity index (χ1v) is 7.16. The number of ether oxygens (including phenoxy) is 1. The van der Waals surface area contributed by atoms with Gasteiger partial charge in [0, 0.05) is 0 Å². The summed E-state index contributed by atoms with van der Waals surface area (Å²) in [5.41, 5.74) is -0.656. The van der Waals surface area contributed by atoms with Gasteiger partial charge in [0.15, 0.2) is 0 Å². The van der Waals surface area contributed by atoms with E-state index in [9.17, 15) is 14.4 Å². The monoisotopic (exact) mass is 300 g/mol. The van der Waals surface area contributed by atoms with Gasteiger partial charge in [0.2, 0.25) is 5.91 Å². The van der Waals surface area contributed by atoms with Gasteiger partial charge in [-0.2, -0.15) is 0 Å². The van der Waals surface area contributed by atoms with E-state index in [4.69, 9.17) is 9.84 Å². The van der Waals surface area contributed by atoms with E-state index in [2.05, 4.69) is 10.6 Å². The minimum absolute atomic E-state index is 0.00881. The second-order valence-electron chi connectivity index (χ2n) is 6.27. The van der Waals surface area contributed by atoms with Gasteiger partial charge in [0.25, 0.3) is 0 Å². The number of rotatable bonds is 6. The SMILES string of the molecule is CCC(NC(=O)OC(C)(C)C)C(=O)NC(C(=O)O)C1CC1. The number of carboxylic acid groups (broad SMARTS) is 1. The summed E-state index contributed by atoms with van der Waals surface area (Å²) in [7, 11) is 0. The molecule has 1 fully saturated rings. The maximum atomic E-state index is 12.1. The van der Waals surface area contributed by atoms with E-state index in [0.29, 0.717) is 6.42 Å². The fourth-order valence-corrected chi connectivity index (χ4v) is 1.87. The van der Waals surface area contributed by atoms with Crippen LogP contribution in [0.15, 0.2) is 0 Å². The first kappa shape index (κ1) is 17.3. The normalized spacial score (nSPS) is 17.5. The number of carbonyl (C=O) groups excluding carboxylic acids is 2. The third-order valence-corrected chi connectivity index (χ3v) is 3.07. The zero-order valence-corrected chi connectivity index (χ0v) is 12.9. The molecule has 0 saturated heterocycles. The molecule has 0 bridgehead atoms. The summed E-state index contributed by atoms with van der Waals surface area (Å²) >= 11 is 0. The maximum Gasteiger partial charge on any atom is 0.408 e. The van der Waals surface area contributed by atoms with Crippen LogP contribution < -0.4 is 10.6 Å². The number of carboxylic acids is 1. The Morgan fingerprint density at radius 1 is 1.24 bits per heavy atom. The Morgan fingerprint density at radius 2 is 1.81 bits per heavy atom. The summed E-state index contributed by atoms with van der Waals surface area (Å²) in [6.45, 7) is 6.90. The molecule has 3 N–H and O–H groups in total. The Labute approximate surface area is 124 Å². The topological polar surface area (TPSA) is 105 Å². The molecular formula is C14H24N2O5. The quantitative estimate of drug-likeness (QED) is 0.685. The van der Waals surface area contributed by atoms with Gasteiger partial charge in [0.05, 0.1) is 0 Å². The molecule has 1 rings (SSSR count). The Balaban J connectivity index is 2.56. The lowest BCUT2D eigenvalue weighted by molar-refractivity contribution is -0.142. The minimum atomic E-state index is -1.04.